The third-order valence-electron chi connectivity index (χ3n) is 6.60. The molecule has 0 aliphatic rings. The second kappa shape index (κ2) is 13.3. The maximum Gasteiger partial charge on any atom is 0.151 e. The lowest BCUT2D eigenvalue weighted by atomic mass is 9.92. The maximum atomic E-state index is 11.9. The number of benzene rings is 4. The standard InChI is InChI=1S/C34H34O2/c1-2-3-4-5-6-7-8-9-14-25-36-28-22-19-27(20-23-28)21-24-33-29-15-10-12-17-31(29)34(26-35)32-18-13-11-16-30(32)33/h2,10-13,15-20,22-23,26H,1,3-9,14,25H2. The third-order valence-corrected chi connectivity index (χ3v) is 6.60. The van der Waals surface area contributed by atoms with Crippen LogP contribution in [-0.2, 0) is 0 Å². The highest BCUT2D eigenvalue weighted by Gasteiger charge is 2.11. The zero-order valence-electron chi connectivity index (χ0n) is 21.0. The van der Waals surface area contributed by atoms with Crippen LogP contribution >= 0.6 is 0 Å². The van der Waals surface area contributed by atoms with Crippen molar-refractivity contribution in [2.24, 2.45) is 0 Å². The number of ether oxygens (including phenoxy) is 1. The molecule has 0 aliphatic heterocycles. The molecule has 36 heavy (non-hydrogen) atoms. The molecule has 0 N–H and O–H groups in total. The van der Waals surface area contributed by atoms with E-state index in [2.05, 4.69) is 18.4 Å². The van der Waals surface area contributed by atoms with Gasteiger partial charge in [-0.1, -0.05) is 98.6 Å². The summed E-state index contributed by atoms with van der Waals surface area (Å²) in [6.45, 7) is 4.53. The molecule has 4 aromatic carbocycles. The van der Waals surface area contributed by atoms with Crippen LogP contribution in [0, 0.1) is 11.8 Å². The minimum atomic E-state index is 0.719. The lowest BCUT2D eigenvalue weighted by molar-refractivity contribution is 0.112. The summed E-state index contributed by atoms with van der Waals surface area (Å²) >= 11 is 0. The van der Waals surface area contributed by atoms with Gasteiger partial charge >= 0.3 is 0 Å². The maximum absolute atomic E-state index is 11.9. The summed E-state index contributed by atoms with van der Waals surface area (Å²) in [7, 11) is 0. The Morgan fingerprint density at radius 2 is 1.22 bits per heavy atom. The van der Waals surface area contributed by atoms with E-state index in [1.165, 1.54) is 38.5 Å². The van der Waals surface area contributed by atoms with Gasteiger partial charge in [0.15, 0.2) is 6.29 Å². The smallest absolute Gasteiger partial charge is 0.151 e. The first kappa shape index (κ1) is 25.3. The molecule has 0 bridgehead atoms. The van der Waals surface area contributed by atoms with Crippen molar-refractivity contribution >= 4 is 27.8 Å². The summed E-state index contributed by atoms with van der Waals surface area (Å²) in [5, 5.41) is 3.88. The van der Waals surface area contributed by atoms with Gasteiger partial charge in [-0.25, -0.2) is 0 Å². The monoisotopic (exact) mass is 474 g/mol. The van der Waals surface area contributed by atoms with E-state index in [1.54, 1.807) is 0 Å². The van der Waals surface area contributed by atoms with Gasteiger partial charge in [0.05, 0.1) is 6.61 Å². The summed E-state index contributed by atoms with van der Waals surface area (Å²) in [6, 6.07) is 24.0. The van der Waals surface area contributed by atoms with E-state index < -0.39 is 0 Å². The van der Waals surface area contributed by atoms with Crippen LogP contribution in [0.3, 0.4) is 0 Å². The number of allylic oxidation sites excluding steroid dienone is 1. The number of hydrogen-bond acceptors (Lipinski definition) is 2. The first-order valence-corrected chi connectivity index (χ1v) is 13.1. The highest BCUT2D eigenvalue weighted by molar-refractivity contribution is 6.15. The zero-order chi connectivity index (χ0) is 25.0. The number of aldehydes is 1. The van der Waals surface area contributed by atoms with Gasteiger partial charge in [0.2, 0.25) is 0 Å². The summed E-state index contributed by atoms with van der Waals surface area (Å²) in [5.41, 5.74) is 2.61. The van der Waals surface area contributed by atoms with Crippen LogP contribution in [0.5, 0.6) is 5.75 Å². The number of carbonyl (C=O) groups excluding carboxylic acids is 1. The van der Waals surface area contributed by atoms with Crippen LogP contribution in [0.15, 0.2) is 85.5 Å². The van der Waals surface area contributed by atoms with Crippen molar-refractivity contribution in [2.75, 3.05) is 6.61 Å². The number of rotatable bonds is 12. The van der Waals surface area contributed by atoms with Gasteiger partial charge in [-0.15, -0.1) is 6.58 Å². The highest BCUT2D eigenvalue weighted by Crippen LogP contribution is 2.31. The Kier molecular flexibility index (Phi) is 9.34. The third kappa shape index (κ3) is 6.43. The molecule has 4 rings (SSSR count). The molecule has 0 unspecified atom stereocenters. The van der Waals surface area contributed by atoms with Crippen molar-refractivity contribution in [1.82, 2.24) is 0 Å². The van der Waals surface area contributed by atoms with Gasteiger partial charge in [0.1, 0.15) is 5.75 Å². The fraction of sp³-hybridized carbons (Fsp3) is 0.265. The molecule has 0 spiro atoms. The van der Waals surface area contributed by atoms with E-state index in [9.17, 15) is 4.79 Å². The number of fused-ring (bicyclic) bond motifs is 2. The van der Waals surface area contributed by atoms with Gasteiger partial charge < -0.3 is 4.74 Å². The lowest BCUT2D eigenvalue weighted by Gasteiger charge is -2.10. The fourth-order valence-corrected chi connectivity index (χ4v) is 4.66. The largest absolute Gasteiger partial charge is 0.494 e. The van der Waals surface area contributed by atoms with E-state index in [-0.39, 0.29) is 0 Å². The van der Waals surface area contributed by atoms with E-state index >= 15 is 0 Å². The quantitative estimate of drug-likeness (QED) is 0.0673. The van der Waals surface area contributed by atoms with Crippen molar-refractivity contribution in [3.8, 4) is 17.6 Å². The molecule has 0 fully saturated rings. The summed E-state index contributed by atoms with van der Waals surface area (Å²) in [5.74, 6) is 7.60. The molecule has 0 radical (unpaired) electrons. The summed E-state index contributed by atoms with van der Waals surface area (Å²) in [6.07, 6.45) is 12.9. The van der Waals surface area contributed by atoms with Gasteiger partial charge in [0, 0.05) is 16.7 Å². The minimum absolute atomic E-state index is 0.719. The van der Waals surface area contributed by atoms with Crippen LogP contribution in [0.2, 0.25) is 0 Å². The van der Waals surface area contributed by atoms with Gasteiger partial charge in [-0.2, -0.15) is 0 Å². The van der Waals surface area contributed by atoms with Crippen LogP contribution in [0.4, 0.5) is 0 Å². The first-order valence-electron chi connectivity index (χ1n) is 13.1. The minimum Gasteiger partial charge on any atom is -0.494 e. The molecule has 182 valence electrons. The Morgan fingerprint density at radius 3 is 1.81 bits per heavy atom. The summed E-state index contributed by atoms with van der Waals surface area (Å²) in [4.78, 5) is 11.9. The molecule has 0 saturated heterocycles. The number of carbonyl (C=O) groups is 1. The Morgan fingerprint density at radius 1 is 0.667 bits per heavy atom. The molecular weight excluding hydrogens is 440 g/mol. The second-order valence-corrected chi connectivity index (χ2v) is 9.17. The van der Waals surface area contributed by atoms with Crippen molar-refractivity contribution in [1.29, 1.82) is 0 Å². The predicted octanol–water partition coefficient (Wildman–Crippen LogP) is 8.89. The Hall–Kier alpha value is -3.83. The van der Waals surface area contributed by atoms with Crippen molar-refractivity contribution < 1.29 is 9.53 Å². The van der Waals surface area contributed by atoms with Crippen LogP contribution in [-0.4, -0.2) is 12.9 Å². The molecule has 0 aliphatic carbocycles. The fourth-order valence-electron chi connectivity index (χ4n) is 4.66. The van der Waals surface area contributed by atoms with E-state index in [1.807, 2.05) is 78.9 Å². The van der Waals surface area contributed by atoms with E-state index in [0.29, 0.717) is 0 Å². The van der Waals surface area contributed by atoms with Crippen LogP contribution < -0.4 is 4.74 Å². The Bertz CT molecular complexity index is 1310. The average molecular weight is 475 g/mol. The molecule has 0 heterocycles. The van der Waals surface area contributed by atoms with Gasteiger partial charge in [-0.05, 0) is 65.1 Å². The SMILES string of the molecule is C=CCCCCCCCCCOc1ccc(C#Cc2c3ccccc3c(C=O)c3ccccc23)cc1. The Labute approximate surface area is 215 Å². The lowest BCUT2D eigenvalue weighted by Crippen LogP contribution is -1.97. The predicted molar refractivity (Wildman–Crippen MR) is 152 cm³/mol. The molecule has 0 atom stereocenters. The van der Waals surface area contributed by atoms with Gasteiger partial charge in [-0.3, -0.25) is 4.79 Å². The molecule has 0 saturated carbocycles. The topological polar surface area (TPSA) is 26.3 Å². The van der Waals surface area contributed by atoms with E-state index in [4.69, 9.17) is 4.74 Å². The molecule has 0 amide bonds. The average Bonchev–Trinajstić information content (AvgIpc) is 2.92. The summed E-state index contributed by atoms with van der Waals surface area (Å²) < 4.78 is 5.93. The molecule has 2 heteroatoms. The molecule has 0 aromatic heterocycles. The number of hydrogen-bond donors (Lipinski definition) is 0. The van der Waals surface area contributed by atoms with Crippen molar-refractivity contribution in [3.63, 3.8) is 0 Å². The van der Waals surface area contributed by atoms with Gasteiger partial charge in [0.25, 0.3) is 0 Å². The second-order valence-electron chi connectivity index (χ2n) is 9.17. The Balaban J connectivity index is 1.38. The van der Waals surface area contributed by atoms with E-state index in [0.717, 1.165) is 69.7 Å². The highest BCUT2D eigenvalue weighted by atomic mass is 16.5. The molecule has 2 nitrogen and oxygen atoms in total. The van der Waals surface area contributed by atoms with Crippen molar-refractivity contribution in [3.05, 3.63) is 102 Å². The zero-order valence-corrected chi connectivity index (χ0v) is 21.0. The molecular formula is C34H34O2. The molecule has 4 aromatic rings. The van der Waals surface area contributed by atoms with Crippen LogP contribution in [0.1, 0.15) is 72.9 Å². The number of unbranched alkanes of at least 4 members (excludes halogenated alkanes) is 7. The van der Waals surface area contributed by atoms with Crippen LogP contribution in [0.25, 0.3) is 21.5 Å². The first-order chi connectivity index (χ1) is 17.8. The normalized spacial score (nSPS) is 10.7. The van der Waals surface area contributed by atoms with Crippen molar-refractivity contribution in [2.45, 2.75) is 51.4 Å².